The van der Waals surface area contributed by atoms with E-state index < -0.39 is 0 Å². The highest BCUT2D eigenvalue weighted by Gasteiger charge is 2.26. The van der Waals surface area contributed by atoms with Crippen LogP contribution in [-0.4, -0.2) is 36.0 Å². The third kappa shape index (κ3) is 4.09. The van der Waals surface area contributed by atoms with Gasteiger partial charge in [-0.15, -0.1) is 12.4 Å². The van der Waals surface area contributed by atoms with E-state index in [0.717, 1.165) is 4.47 Å². The summed E-state index contributed by atoms with van der Waals surface area (Å²) in [4.78, 5) is 14.3. The third-order valence-corrected chi connectivity index (χ3v) is 3.83. The number of halogens is 3. The molecule has 0 saturated carbocycles. The molecule has 2 rings (SSSR count). The van der Waals surface area contributed by atoms with Crippen molar-refractivity contribution in [3.05, 3.63) is 33.3 Å². The lowest BCUT2D eigenvalue weighted by Gasteiger charge is -2.36. The first-order valence-corrected chi connectivity index (χ1v) is 7.15. The summed E-state index contributed by atoms with van der Waals surface area (Å²) in [5, 5.41) is 3.91. The molecule has 1 aromatic rings. The van der Waals surface area contributed by atoms with Gasteiger partial charge < -0.3 is 10.2 Å². The number of rotatable bonds is 1. The first kappa shape index (κ1) is 16.8. The van der Waals surface area contributed by atoms with E-state index in [1.165, 1.54) is 0 Å². The van der Waals surface area contributed by atoms with Gasteiger partial charge in [0.25, 0.3) is 5.91 Å². The molecule has 1 aliphatic heterocycles. The zero-order valence-electron chi connectivity index (χ0n) is 10.8. The number of nitrogens with zero attached hydrogens (tertiary/aromatic N) is 1. The van der Waals surface area contributed by atoms with Crippen molar-refractivity contribution in [1.29, 1.82) is 0 Å². The van der Waals surface area contributed by atoms with Crippen LogP contribution in [0.3, 0.4) is 0 Å². The largest absolute Gasteiger partial charge is 0.335 e. The topological polar surface area (TPSA) is 32.3 Å². The van der Waals surface area contributed by atoms with Gasteiger partial charge in [-0.05, 0) is 32.0 Å². The van der Waals surface area contributed by atoms with Gasteiger partial charge >= 0.3 is 0 Å². The quantitative estimate of drug-likeness (QED) is 0.825. The lowest BCUT2D eigenvalue weighted by atomic mass is 10.1. The maximum atomic E-state index is 12.5. The van der Waals surface area contributed by atoms with E-state index in [1.54, 1.807) is 12.1 Å². The van der Waals surface area contributed by atoms with Crippen molar-refractivity contribution in [1.82, 2.24) is 10.2 Å². The summed E-state index contributed by atoms with van der Waals surface area (Å²) in [7, 11) is 0. The fourth-order valence-electron chi connectivity index (χ4n) is 2.32. The van der Waals surface area contributed by atoms with Crippen LogP contribution >= 0.6 is 39.9 Å². The highest BCUT2D eigenvalue weighted by atomic mass is 79.9. The summed E-state index contributed by atoms with van der Waals surface area (Å²) in [6.45, 7) is 5.59. The van der Waals surface area contributed by atoms with Crippen LogP contribution in [0.1, 0.15) is 24.2 Å². The van der Waals surface area contributed by atoms with Crippen molar-refractivity contribution < 1.29 is 4.79 Å². The molecule has 1 saturated heterocycles. The van der Waals surface area contributed by atoms with Gasteiger partial charge in [-0.2, -0.15) is 0 Å². The van der Waals surface area contributed by atoms with Crippen molar-refractivity contribution in [3.63, 3.8) is 0 Å². The smallest absolute Gasteiger partial charge is 0.255 e. The first-order chi connectivity index (χ1) is 8.47. The highest BCUT2D eigenvalue weighted by molar-refractivity contribution is 9.10. The average Bonchev–Trinajstić information content (AvgIpc) is 2.30. The number of carbonyl (C=O) groups excluding carboxylic acids is 1. The van der Waals surface area contributed by atoms with Gasteiger partial charge in [0.15, 0.2) is 0 Å². The summed E-state index contributed by atoms with van der Waals surface area (Å²) < 4.78 is 0.867. The molecule has 0 aromatic heterocycles. The summed E-state index contributed by atoms with van der Waals surface area (Å²) >= 11 is 9.47. The Morgan fingerprint density at radius 1 is 1.37 bits per heavy atom. The molecule has 0 radical (unpaired) electrons. The minimum absolute atomic E-state index is 0. The third-order valence-electron chi connectivity index (χ3n) is 3.00. The molecule has 3 nitrogen and oxygen atoms in total. The van der Waals surface area contributed by atoms with Crippen LogP contribution in [0.15, 0.2) is 22.7 Å². The second-order valence-corrected chi connectivity index (χ2v) is 6.13. The van der Waals surface area contributed by atoms with E-state index in [2.05, 4.69) is 35.1 Å². The predicted octanol–water partition coefficient (Wildman–Crippen LogP) is 3.35. The number of hydrogen-bond acceptors (Lipinski definition) is 2. The van der Waals surface area contributed by atoms with Gasteiger partial charge in [0.05, 0.1) is 10.6 Å². The van der Waals surface area contributed by atoms with Crippen LogP contribution in [0, 0.1) is 0 Å². The number of benzene rings is 1. The SMILES string of the molecule is CC1CN(C(=O)c2cc(Br)ccc2Cl)CC(C)N1.Cl. The molecule has 2 unspecified atom stereocenters. The second kappa shape index (κ2) is 6.93. The molecule has 2 atom stereocenters. The van der Waals surface area contributed by atoms with Crippen molar-refractivity contribution in [3.8, 4) is 0 Å². The van der Waals surface area contributed by atoms with Gasteiger partial charge in [-0.25, -0.2) is 0 Å². The Bertz CT molecular complexity index is 460. The zero-order valence-corrected chi connectivity index (χ0v) is 14.0. The van der Waals surface area contributed by atoms with Gasteiger partial charge in [0.1, 0.15) is 0 Å². The molecule has 1 amide bonds. The van der Waals surface area contributed by atoms with Gasteiger partial charge in [-0.1, -0.05) is 27.5 Å². The predicted molar refractivity (Wildman–Crippen MR) is 84.4 cm³/mol. The monoisotopic (exact) mass is 366 g/mol. The van der Waals surface area contributed by atoms with Crippen molar-refractivity contribution in [2.45, 2.75) is 25.9 Å². The Hall–Kier alpha value is -0.290. The maximum Gasteiger partial charge on any atom is 0.255 e. The molecule has 0 aliphatic carbocycles. The van der Waals surface area contributed by atoms with Crippen molar-refractivity contribution in [2.75, 3.05) is 13.1 Å². The van der Waals surface area contributed by atoms with E-state index in [-0.39, 0.29) is 18.3 Å². The van der Waals surface area contributed by atoms with E-state index >= 15 is 0 Å². The number of amides is 1. The Kier molecular flexibility index (Phi) is 6.12. The van der Waals surface area contributed by atoms with Gasteiger partial charge in [0.2, 0.25) is 0 Å². The molecule has 0 spiro atoms. The molecular formula is C13H17BrCl2N2O. The molecule has 19 heavy (non-hydrogen) atoms. The van der Waals surface area contributed by atoms with E-state index in [4.69, 9.17) is 11.6 Å². The van der Waals surface area contributed by atoms with Crippen LogP contribution in [0.25, 0.3) is 0 Å². The zero-order chi connectivity index (χ0) is 13.3. The molecule has 6 heteroatoms. The number of carbonyl (C=O) groups is 1. The Morgan fingerprint density at radius 2 is 1.95 bits per heavy atom. The fourth-order valence-corrected chi connectivity index (χ4v) is 2.88. The van der Waals surface area contributed by atoms with Crippen molar-refractivity contribution >= 4 is 45.8 Å². The number of hydrogen-bond donors (Lipinski definition) is 1. The van der Waals surface area contributed by atoms with Crippen LogP contribution in [0.5, 0.6) is 0 Å². The van der Waals surface area contributed by atoms with Crippen LogP contribution in [-0.2, 0) is 0 Å². The average molecular weight is 368 g/mol. The summed E-state index contributed by atoms with van der Waals surface area (Å²) in [5.74, 6) is 0.00139. The summed E-state index contributed by atoms with van der Waals surface area (Å²) in [6.07, 6.45) is 0. The summed E-state index contributed by atoms with van der Waals surface area (Å²) in [6, 6.07) is 5.98. The molecule has 0 bridgehead atoms. The first-order valence-electron chi connectivity index (χ1n) is 5.97. The molecular weight excluding hydrogens is 351 g/mol. The Balaban J connectivity index is 0.00000180. The van der Waals surface area contributed by atoms with Crippen LogP contribution in [0.2, 0.25) is 5.02 Å². The highest BCUT2D eigenvalue weighted by Crippen LogP contribution is 2.23. The summed E-state index contributed by atoms with van der Waals surface area (Å²) in [5.41, 5.74) is 0.562. The van der Waals surface area contributed by atoms with Gasteiger partial charge in [-0.3, -0.25) is 4.79 Å². The minimum Gasteiger partial charge on any atom is -0.335 e. The molecule has 1 aromatic carbocycles. The fraction of sp³-hybridized carbons (Fsp3) is 0.462. The molecule has 1 N–H and O–H groups in total. The van der Waals surface area contributed by atoms with E-state index in [0.29, 0.717) is 35.8 Å². The molecule has 1 heterocycles. The van der Waals surface area contributed by atoms with E-state index in [1.807, 2.05) is 11.0 Å². The molecule has 1 fully saturated rings. The normalized spacial score (nSPS) is 22.8. The number of piperazine rings is 1. The van der Waals surface area contributed by atoms with Crippen LogP contribution < -0.4 is 5.32 Å². The molecule has 1 aliphatic rings. The lowest BCUT2D eigenvalue weighted by Crippen LogP contribution is -2.55. The minimum atomic E-state index is 0. The number of nitrogens with one attached hydrogen (secondary N) is 1. The van der Waals surface area contributed by atoms with Crippen molar-refractivity contribution in [2.24, 2.45) is 0 Å². The molecule has 106 valence electrons. The lowest BCUT2D eigenvalue weighted by molar-refractivity contribution is 0.0674. The van der Waals surface area contributed by atoms with Gasteiger partial charge in [0, 0.05) is 29.6 Å². The Morgan fingerprint density at radius 3 is 2.53 bits per heavy atom. The maximum absolute atomic E-state index is 12.5. The standard InChI is InChI=1S/C13H16BrClN2O.ClH/c1-8-6-17(7-9(2)16-8)13(18)11-5-10(14)3-4-12(11)15;/h3-5,8-9,16H,6-7H2,1-2H3;1H. The second-order valence-electron chi connectivity index (χ2n) is 4.80. The van der Waals surface area contributed by atoms with Crippen LogP contribution in [0.4, 0.5) is 0 Å². The van der Waals surface area contributed by atoms with E-state index in [9.17, 15) is 4.79 Å². The Labute approximate surface area is 133 Å².